The molecule has 0 spiro atoms. The van der Waals surface area contributed by atoms with Gasteiger partial charge in [-0.05, 0) is 31.7 Å². The molecule has 1 aliphatic rings. The quantitative estimate of drug-likeness (QED) is 0.867. The average Bonchev–Trinajstić information content (AvgIpc) is 2.63. The highest BCUT2D eigenvalue weighted by Crippen LogP contribution is 2.25. The second kappa shape index (κ2) is 7.53. The van der Waals surface area contributed by atoms with Crippen LogP contribution in [0.5, 0.6) is 0 Å². The second-order valence-electron chi connectivity index (χ2n) is 6.22. The fourth-order valence-electron chi connectivity index (χ4n) is 3.30. The van der Waals surface area contributed by atoms with Crippen LogP contribution in [0.2, 0.25) is 0 Å². The summed E-state index contributed by atoms with van der Waals surface area (Å²) < 4.78 is 5.68. The Kier molecular flexibility index (Phi) is 5.20. The van der Waals surface area contributed by atoms with Crippen molar-refractivity contribution in [2.45, 2.75) is 38.3 Å². The van der Waals surface area contributed by atoms with Gasteiger partial charge in [0.1, 0.15) is 5.69 Å². The Labute approximate surface area is 142 Å². The van der Waals surface area contributed by atoms with E-state index in [9.17, 15) is 4.79 Å². The van der Waals surface area contributed by atoms with Gasteiger partial charge in [0.15, 0.2) is 0 Å². The summed E-state index contributed by atoms with van der Waals surface area (Å²) in [5.74, 6) is -0.0646. The van der Waals surface area contributed by atoms with Gasteiger partial charge in [-0.1, -0.05) is 30.3 Å². The van der Waals surface area contributed by atoms with Crippen LogP contribution in [-0.4, -0.2) is 46.6 Å². The molecule has 1 saturated heterocycles. The summed E-state index contributed by atoms with van der Waals surface area (Å²) in [5, 5.41) is 0. The summed E-state index contributed by atoms with van der Waals surface area (Å²) >= 11 is 0. The van der Waals surface area contributed by atoms with Crippen LogP contribution in [0.15, 0.2) is 42.7 Å². The topological polar surface area (TPSA) is 55.3 Å². The minimum absolute atomic E-state index is 0.0155. The summed E-state index contributed by atoms with van der Waals surface area (Å²) in [6, 6.07) is 10.3. The molecule has 2 atom stereocenters. The lowest BCUT2D eigenvalue weighted by atomic mass is 9.92. The molecule has 0 radical (unpaired) electrons. The SMILES string of the molecule is CO[C@H]1CCCN(C(=O)c2cnc(C)cn2)[C@H]1Cc1ccccc1. The van der Waals surface area contributed by atoms with Crippen molar-refractivity contribution in [3.05, 3.63) is 59.7 Å². The summed E-state index contributed by atoms with van der Waals surface area (Å²) in [7, 11) is 1.72. The van der Waals surface area contributed by atoms with E-state index in [4.69, 9.17) is 4.74 Å². The van der Waals surface area contributed by atoms with Crippen molar-refractivity contribution in [2.75, 3.05) is 13.7 Å². The first kappa shape index (κ1) is 16.6. The maximum atomic E-state index is 12.9. The van der Waals surface area contributed by atoms with E-state index in [1.54, 1.807) is 19.5 Å². The maximum absolute atomic E-state index is 12.9. The number of benzene rings is 1. The predicted octanol–water partition coefficient (Wildman–Crippen LogP) is 2.65. The molecule has 2 aromatic rings. The van der Waals surface area contributed by atoms with E-state index < -0.39 is 0 Å². The smallest absolute Gasteiger partial charge is 0.274 e. The number of amides is 1. The first-order valence-corrected chi connectivity index (χ1v) is 8.35. The van der Waals surface area contributed by atoms with Gasteiger partial charge in [-0.15, -0.1) is 0 Å². The summed E-state index contributed by atoms with van der Waals surface area (Å²) in [6.07, 6.45) is 5.93. The van der Waals surface area contributed by atoms with Crippen molar-refractivity contribution in [3.8, 4) is 0 Å². The lowest BCUT2D eigenvalue weighted by Gasteiger charge is -2.40. The van der Waals surface area contributed by atoms with Crippen LogP contribution in [0.4, 0.5) is 0 Å². The molecule has 0 unspecified atom stereocenters. The summed E-state index contributed by atoms with van der Waals surface area (Å²) in [6.45, 7) is 2.59. The van der Waals surface area contributed by atoms with E-state index in [0.717, 1.165) is 31.5 Å². The second-order valence-corrected chi connectivity index (χ2v) is 6.22. The molecular formula is C19H23N3O2. The molecule has 1 aromatic carbocycles. The maximum Gasteiger partial charge on any atom is 0.274 e. The van der Waals surface area contributed by atoms with Crippen molar-refractivity contribution in [2.24, 2.45) is 0 Å². The lowest BCUT2D eigenvalue weighted by molar-refractivity contribution is -0.0120. The van der Waals surface area contributed by atoms with Gasteiger partial charge in [0.05, 0.1) is 24.0 Å². The van der Waals surface area contributed by atoms with Crippen molar-refractivity contribution in [1.29, 1.82) is 0 Å². The monoisotopic (exact) mass is 325 g/mol. The molecule has 5 heteroatoms. The number of rotatable bonds is 4. The van der Waals surface area contributed by atoms with E-state index in [0.29, 0.717) is 5.69 Å². The summed E-state index contributed by atoms with van der Waals surface area (Å²) in [4.78, 5) is 23.3. The normalized spacial score (nSPS) is 20.8. The van der Waals surface area contributed by atoms with E-state index in [2.05, 4.69) is 22.1 Å². The number of piperidine rings is 1. The highest BCUT2D eigenvalue weighted by atomic mass is 16.5. The molecule has 0 bridgehead atoms. The third-order valence-corrected chi connectivity index (χ3v) is 4.57. The molecule has 3 rings (SSSR count). The fraction of sp³-hybridized carbons (Fsp3) is 0.421. The zero-order valence-corrected chi connectivity index (χ0v) is 14.2. The molecule has 2 heterocycles. The first-order chi connectivity index (χ1) is 11.7. The standard InChI is InChI=1S/C19H23N3O2/c1-14-12-21-16(13-20-14)19(23)22-10-6-9-18(24-2)17(22)11-15-7-4-3-5-8-15/h3-5,7-8,12-13,17-18H,6,9-11H2,1-2H3/t17-,18-/m0/s1. The van der Waals surface area contributed by atoms with Gasteiger partial charge < -0.3 is 9.64 Å². The zero-order valence-electron chi connectivity index (χ0n) is 14.2. The Morgan fingerprint density at radius 2 is 2.04 bits per heavy atom. The Morgan fingerprint density at radius 1 is 1.25 bits per heavy atom. The van der Waals surface area contributed by atoms with Crippen molar-refractivity contribution >= 4 is 5.91 Å². The molecular weight excluding hydrogens is 302 g/mol. The molecule has 24 heavy (non-hydrogen) atoms. The third-order valence-electron chi connectivity index (χ3n) is 4.57. The number of ether oxygens (including phenoxy) is 1. The van der Waals surface area contributed by atoms with Gasteiger partial charge in [-0.25, -0.2) is 4.98 Å². The predicted molar refractivity (Wildman–Crippen MR) is 91.8 cm³/mol. The molecule has 1 amide bonds. The third kappa shape index (κ3) is 3.62. The lowest BCUT2D eigenvalue weighted by Crippen LogP contribution is -2.52. The number of likely N-dealkylation sites (tertiary alicyclic amines) is 1. The van der Waals surface area contributed by atoms with Gasteiger partial charge in [0, 0.05) is 19.9 Å². The van der Waals surface area contributed by atoms with Crippen molar-refractivity contribution in [1.82, 2.24) is 14.9 Å². The van der Waals surface area contributed by atoms with Gasteiger partial charge in [-0.3, -0.25) is 9.78 Å². The van der Waals surface area contributed by atoms with Crippen LogP contribution in [0, 0.1) is 6.92 Å². The number of nitrogens with zero attached hydrogens (tertiary/aromatic N) is 3. The Morgan fingerprint density at radius 3 is 2.71 bits per heavy atom. The van der Waals surface area contributed by atoms with E-state index in [-0.39, 0.29) is 18.1 Å². The number of hydrogen-bond acceptors (Lipinski definition) is 4. The number of carbonyl (C=O) groups excluding carboxylic acids is 1. The van der Waals surface area contributed by atoms with Crippen LogP contribution < -0.4 is 0 Å². The van der Waals surface area contributed by atoms with Crippen molar-refractivity contribution in [3.63, 3.8) is 0 Å². The van der Waals surface area contributed by atoms with Gasteiger partial charge in [0.25, 0.3) is 5.91 Å². The highest BCUT2D eigenvalue weighted by molar-refractivity contribution is 5.92. The van der Waals surface area contributed by atoms with Gasteiger partial charge >= 0.3 is 0 Å². The zero-order chi connectivity index (χ0) is 16.9. The van der Waals surface area contributed by atoms with E-state index in [1.165, 1.54) is 5.56 Å². The summed E-state index contributed by atoms with van der Waals surface area (Å²) in [5.41, 5.74) is 2.41. The van der Waals surface area contributed by atoms with Crippen LogP contribution >= 0.6 is 0 Å². The minimum Gasteiger partial charge on any atom is -0.379 e. The molecule has 5 nitrogen and oxygen atoms in total. The first-order valence-electron chi connectivity index (χ1n) is 8.35. The number of hydrogen-bond donors (Lipinski definition) is 0. The van der Waals surface area contributed by atoms with Crippen LogP contribution in [0.1, 0.15) is 34.6 Å². The molecule has 1 fully saturated rings. The highest BCUT2D eigenvalue weighted by Gasteiger charge is 2.35. The molecule has 1 aromatic heterocycles. The Bertz CT molecular complexity index is 673. The Balaban J connectivity index is 1.85. The van der Waals surface area contributed by atoms with Gasteiger partial charge in [-0.2, -0.15) is 0 Å². The van der Waals surface area contributed by atoms with Crippen molar-refractivity contribution < 1.29 is 9.53 Å². The molecule has 0 aliphatic carbocycles. The van der Waals surface area contributed by atoms with Crippen LogP contribution in [0.25, 0.3) is 0 Å². The number of carbonyl (C=O) groups is 1. The van der Waals surface area contributed by atoms with Gasteiger partial charge in [0.2, 0.25) is 0 Å². The van der Waals surface area contributed by atoms with Crippen LogP contribution in [0.3, 0.4) is 0 Å². The number of methoxy groups -OCH3 is 1. The minimum atomic E-state index is -0.0646. The number of aryl methyl sites for hydroxylation is 1. The van der Waals surface area contributed by atoms with Crippen LogP contribution in [-0.2, 0) is 11.2 Å². The average molecular weight is 325 g/mol. The van der Waals surface area contributed by atoms with E-state index >= 15 is 0 Å². The number of aromatic nitrogens is 2. The molecule has 126 valence electrons. The Hall–Kier alpha value is -2.27. The molecule has 1 aliphatic heterocycles. The largest absolute Gasteiger partial charge is 0.379 e. The molecule has 0 N–H and O–H groups in total. The fourth-order valence-corrected chi connectivity index (χ4v) is 3.30. The van der Waals surface area contributed by atoms with E-state index in [1.807, 2.05) is 30.0 Å². The molecule has 0 saturated carbocycles.